The summed E-state index contributed by atoms with van der Waals surface area (Å²) in [4.78, 5) is 8.09. The van der Waals surface area contributed by atoms with Crippen LogP contribution in [0, 0.1) is 0 Å². The molecule has 3 aromatic rings. The predicted octanol–water partition coefficient (Wildman–Crippen LogP) is 7.16. The van der Waals surface area contributed by atoms with Crippen molar-refractivity contribution < 1.29 is 0 Å². The number of hydrogen-bond donors (Lipinski definition) is 0. The number of nitrogens with zero attached hydrogens (tertiary/aromatic N) is 3. The first-order chi connectivity index (χ1) is 13.5. The van der Waals surface area contributed by atoms with Gasteiger partial charge in [0.05, 0.1) is 16.1 Å². The first-order valence-corrected chi connectivity index (χ1v) is 18.8. The fraction of sp³-hybridized carbons (Fsp3) is 0.391. The molecule has 6 heteroatoms. The van der Waals surface area contributed by atoms with Gasteiger partial charge in [-0.1, -0.05) is 87.8 Å². The van der Waals surface area contributed by atoms with E-state index in [-0.39, 0.29) is 0 Å². The molecule has 0 aliphatic carbocycles. The van der Waals surface area contributed by atoms with Gasteiger partial charge in [0.2, 0.25) is 0 Å². The first-order valence-electron chi connectivity index (χ1n) is 10.3. The first kappa shape index (κ1) is 22.0. The third-order valence-electron chi connectivity index (χ3n) is 5.18. The summed E-state index contributed by atoms with van der Waals surface area (Å²) < 4.78 is 5.38. The average molecular weight is 440 g/mol. The highest BCUT2D eigenvalue weighted by Gasteiger charge is 2.42. The van der Waals surface area contributed by atoms with Crippen molar-refractivity contribution in [1.82, 2.24) is 9.73 Å². The number of benzene rings is 2. The Morgan fingerprint density at radius 3 is 1.90 bits per heavy atom. The number of hydrogen-bond acceptors (Lipinski definition) is 3. The molecule has 0 saturated heterocycles. The van der Waals surface area contributed by atoms with Crippen molar-refractivity contribution in [3.8, 4) is 22.4 Å². The summed E-state index contributed by atoms with van der Waals surface area (Å²) in [6.07, 6.45) is 0. The molecule has 1 unspecified atom stereocenters. The molecule has 29 heavy (non-hydrogen) atoms. The molecule has 1 aromatic heterocycles. The van der Waals surface area contributed by atoms with E-state index in [0.717, 1.165) is 11.4 Å². The third-order valence-corrected chi connectivity index (χ3v) is 21.4. The smallest absolute Gasteiger partial charge is 0.163 e. The molecule has 154 valence electrons. The van der Waals surface area contributed by atoms with Crippen LogP contribution in [0.25, 0.3) is 22.4 Å². The van der Waals surface area contributed by atoms with Gasteiger partial charge >= 0.3 is 0 Å². The van der Waals surface area contributed by atoms with E-state index in [1.54, 1.807) is 0 Å². The van der Waals surface area contributed by atoms with Gasteiger partial charge < -0.3 is 4.90 Å². The molecule has 0 saturated carbocycles. The minimum atomic E-state index is -1.45. The SMILES string of the molecule is CN(C)c1ccccc1-c1nc(-c2ccccc2)np1C([Si](C)(C)C)[Si](C)(C)C. The van der Waals surface area contributed by atoms with Crippen molar-refractivity contribution in [2.24, 2.45) is 0 Å². The lowest BCUT2D eigenvalue weighted by Crippen LogP contribution is -2.43. The maximum atomic E-state index is 5.38. The van der Waals surface area contributed by atoms with Gasteiger partial charge in [-0.15, -0.1) is 0 Å². The zero-order valence-electron chi connectivity index (χ0n) is 19.1. The molecule has 0 amide bonds. The number of rotatable bonds is 6. The van der Waals surface area contributed by atoms with Crippen LogP contribution >= 0.6 is 7.69 Å². The van der Waals surface area contributed by atoms with Crippen LogP contribution in [-0.2, 0) is 0 Å². The maximum Gasteiger partial charge on any atom is 0.163 e. The standard InChI is InChI=1S/C23H34N3PSi2/c1-26(2)20-17-13-12-16-19(20)22-24-21(18-14-10-9-11-15-18)25-27(22)23(28(3,4)5)29(6,7)8/h9-17,23H,1-8H3. The Balaban J connectivity index is 2.32. The van der Waals surface area contributed by atoms with Crippen LogP contribution in [0.2, 0.25) is 39.3 Å². The Kier molecular flexibility index (Phi) is 6.23. The van der Waals surface area contributed by atoms with E-state index in [0.29, 0.717) is 4.91 Å². The van der Waals surface area contributed by atoms with Crippen LogP contribution in [0.5, 0.6) is 0 Å². The lowest BCUT2D eigenvalue weighted by atomic mass is 10.1. The highest BCUT2D eigenvalue weighted by molar-refractivity contribution is 7.57. The number of aromatic nitrogens is 2. The number of para-hydroxylation sites is 1. The van der Waals surface area contributed by atoms with Crippen molar-refractivity contribution in [1.29, 1.82) is 0 Å². The summed E-state index contributed by atoms with van der Waals surface area (Å²) in [6, 6.07) is 19.2. The molecule has 2 aromatic carbocycles. The summed E-state index contributed by atoms with van der Waals surface area (Å²) in [6.45, 7) is 15.1. The number of anilines is 1. The summed E-state index contributed by atoms with van der Waals surface area (Å²) in [5, 5.41) is 0. The quantitative estimate of drug-likeness (QED) is 0.382. The fourth-order valence-electron chi connectivity index (χ4n) is 4.48. The monoisotopic (exact) mass is 439 g/mol. The lowest BCUT2D eigenvalue weighted by molar-refractivity contribution is 1.13. The molecule has 3 nitrogen and oxygen atoms in total. The average Bonchev–Trinajstić information content (AvgIpc) is 3.04. The van der Waals surface area contributed by atoms with Crippen molar-refractivity contribution in [3.63, 3.8) is 0 Å². The van der Waals surface area contributed by atoms with E-state index in [1.165, 1.54) is 16.7 Å². The Morgan fingerprint density at radius 2 is 1.34 bits per heavy atom. The fourth-order valence-corrected chi connectivity index (χ4v) is 23.3. The van der Waals surface area contributed by atoms with Gasteiger partial charge in [-0.25, -0.2) is 9.73 Å². The highest BCUT2D eigenvalue weighted by atomic mass is 31.1. The van der Waals surface area contributed by atoms with E-state index in [1.807, 2.05) is 0 Å². The van der Waals surface area contributed by atoms with Crippen LogP contribution in [0.15, 0.2) is 54.6 Å². The van der Waals surface area contributed by atoms with Gasteiger partial charge in [0, 0.05) is 35.8 Å². The summed E-state index contributed by atoms with van der Waals surface area (Å²) in [5.74, 6) is 0.918. The lowest BCUT2D eigenvalue weighted by Gasteiger charge is -2.38. The Labute approximate surface area is 179 Å². The van der Waals surface area contributed by atoms with Crippen molar-refractivity contribution in [2.75, 3.05) is 19.0 Å². The molecule has 1 heterocycles. The van der Waals surface area contributed by atoms with E-state index in [9.17, 15) is 0 Å². The maximum absolute atomic E-state index is 5.38. The van der Waals surface area contributed by atoms with Gasteiger partial charge in [-0.05, 0) is 13.8 Å². The zero-order valence-corrected chi connectivity index (χ0v) is 22.0. The Hall–Kier alpha value is -1.69. The second kappa shape index (κ2) is 8.21. The topological polar surface area (TPSA) is 29.0 Å². The zero-order chi connectivity index (χ0) is 21.4. The van der Waals surface area contributed by atoms with E-state index >= 15 is 0 Å². The van der Waals surface area contributed by atoms with Crippen LogP contribution in [0.4, 0.5) is 5.69 Å². The van der Waals surface area contributed by atoms with Gasteiger partial charge in [0.15, 0.2) is 5.82 Å². The van der Waals surface area contributed by atoms with Gasteiger partial charge in [0.1, 0.15) is 5.43 Å². The van der Waals surface area contributed by atoms with Crippen molar-refractivity contribution in [2.45, 2.75) is 44.2 Å². The van der Waals surface area contributed by atoms with E-state index in [4.69, 9.17) is 9.73 Å². The molecule has 3 rings (SSSR count). The van der Waals surface area contributed by atoms with Gasteiger partial charge in [0.25, 0.3) is 0 Å². The predicted molar refractivity (Wildman–Crippen MR) is 136 cm³/mol. The highest BCUT2D eigenvalue weighted by Crippen LogP contribution is 2.56. The Morgan fingerprint density at radius 1 is 0.793 bits per heavy atom. The van der Waals surface area contributed by atoms with Crippen LogP contribution < -0.4 is 4.90 Å². The molecule has 1 atom stereocenters. The van der Waals surface area contributed by atoms with E-state index in [2.05, 4.69) is 113 Å². The molecule has 0 fully saturated rings. The minimum Gasteiger partial charge on any atom is -0.377 e. The Bertz CT molecular complexity index is 956. The van der Waals surface area contributed by atoms with Crippen LogP contribution in [0.1, 0.15) is 4.91 Å². The second-order valence-electron chi connectivity index (χ2n) is 10.1. The normalized spacial score (nSPS) is 13.1. The molecule has 0 aliphatic rings. The third kappa shape index (κ3) is 4.74. The molecular formula is C23H34N3PSi2. The molecular weight excluding hydrogens is 405 g/mol. The van der Waals surface area contributed by atoms with Crippen molar-refractivity contribution in [3.05, 3.63) is 54.6 Å². The molecule has 0 aliphatic heterocycles. The largest absolute Gasteiger partial charge is 0.377 e. The van der Waals surface area contributed by atoms with E-state index < -0.39 is 23.8 Å². The van der Waals surface area contributed by atoms with Crippen molar-refractivity contribution >= 4 is 29.5 Å². The van der Waals surface area contributed by atoms with Crippen LogP contribution in [0.3, 0.4) is 0 Å². The minimum absolute atomic E-state index is 0.681. The molecule has 0 radical (unpaired) electrons. The summed E-state index contributed by atoms with van der Waals surface area (Å²) in [5.41, 5.74) is 4.83. The van der Waals surface area contributed by atoms with Gasteiger partial charge in [-0.2, -0.15) is 0 Å². The molecule has 0 spiro atoms. The molecule has 0 bridgehead atoms. The summed E-state index contributed by atoms with van der Waals surface area (Å²) in [7, 11) is 0.641. The second-order valence-corrected chi connectivity index (χ2v) is 24.1. The summed E-state index contributed by atoms with van der Waals surface area (Å²) >= 11 is 0. The van der Waals surface area contributed by atoms with Gasteiger partial charge in [-0.3, -0.25) is 0 Å². The van der Waals surface area contributed by atoms with Crippen LogP contribution in [-0.4, -0.2) is 40.0 Å². The molecule has 0 N–H and O–H groups in total.